The van der Waals surface area contributed by atoms with Crippen LogP contribution in [0, 0.1) is 0 Å². The first-order chi connectivity index (χ1) is 8.60. The molecule has 0 heterocycles. The molecule has 0 aliphatic carbocycles. The number of hydrogen-bond acceptors (Lipinski definition) is 5. The van der Waals surface area contributed by atoms with Crippen molar-refractivity contribution in [3.8, 4) is 0 Å². The lowest BCUT2D eigenvalue weighted by Crippen LogP contribution is -2.57. The molecule has 0 saturated carbocycles. The van der Waals surface area contributed by atoms with Crippen LogP contribution in [0.4, 0.5) is 0 Å². The van der Waals surface area contributed by atoms with Gasteiger partial charge in [-0.15, -0.1) is 0 Å². The summed E-state index contributed by atoms with van der Waals surface area (Å²) in [5.74, 6) is -0.517. The van der Waals surface area contributed by atoms with Gasteiger partial charge >= 0.3 is 0 Å². The molecular formula is C12H17NO5. The molecule has 1 aromatic rings. The molecule has 0 radical (unpaired) electrons. The number of rotatable bonds is 6. The van der Waals surface area contributed by atoms with E-state index in [9.17, 15) is 4.79 Å². The minimum Gasteiger partial charge on any atom is -0.394 e. The topological polar surface area (TPSA) is 110 Å². The summed E-state index contributed by atoms with van der Waals surface area (Å²) in [4.78, 5) is 11.8. The van der Waals surface area contributed by atoms with E-state index < -0.39 is 31.3 Å². The van der Waals surface area contributed by atoms with Crippen molar-refractivity contribution in [2.75, 3.05) is 19.8 Å². The summed E-state index contributed by atoms with van der Waals surface area (Å²) in [6.45, 7) is -1.82. The zero-order valence-corrected chi connectivity index (χ0v) is 9.83. The Balaban J connectivity index is 2.80. The molecule has 0 bridgehead atoms. The van der Waals surface area contributed by atoms with E-state index in [1.165, 1.54) is 12.1 Å². The van der Waals surface area contributed by atoms with Gasteiger partial charge < -0.3 is 25.7 Å². The molecule has 0 saturated heterocycles. The van der Waals surface area contributed by atoms with Gasteiger partial charge in [0.15, 0.2) is 0 Å². The molecule has 0 aliphatic rings. The Morgan fingerprint density at radius 3 is 1.89 bits per heavy atom. The lowest BCUT2D eigenvalue weighted by atomic mass is 10.0. The molecule has 1 aromatic carbocycles. The predicted octanol–water partition coefficient (Wildman–Crippen LogP) is -1.38. The lowest BCUT2D eigenvalue weighted by molar-refractivity contribution is 0.0375. The summed E-state index contributed by atoms with van der Waals surface area (Å²) in [5.41, 5.74) is -0.455. The average molecular weight is 255 g/mol. The second-order valence-corrected chi connectivity index (χ2v) is 4.06. The van der Waals surface area contributed by atoms with Gasteiger partial charge in [-0.05, 0) is 17.7 Å². The van der Waals surface area contributed by atoms with E-state index in [4.69, 9.17) is 20.4 Å². The SMILES string of the molecule is O=C(NC(CO)(CO)CO)c1ccc(CO)cc1. The van der Waals surface area contributed by atoms with E-state index in [0.717, 1.165) is 0 Å². The summed E-state index contributed by atoms with van der Waals surface area (Å²) in [7, 11) is 0. The first-order valence-electron chi connectivity index (χ1n) is 5.45. The fourth-order valence-corrected chi connectivity index (χ4v) is 1.34. The van der Waals surface area contributed by atoms with Gasteiger partial charge in [0.05, 0.1) is 26.4 Å². The standard InChI is InChI=1S/C12H17NO5/c14-5-9-1-3-10(4-2-9)11(18)13-12(6-15,7-16)8-17/h1-4,14-17H,5-8H2,(H,13,18). The minimum atomic E-state index is -1.44. The molecule has 6 heteroatoms. The van der Waals surface area contributed by atoms with Gasteiger partial charge in [-0.25, -0.2) is 0 Å². The van der Waals surface area contributed by atoms with Gasteiger partial charge in [0, 0.05) is 5.56 Å². The molecule has 0 unspecified atom stereocenters. The Morgan fingerprint density at radius 1 is 1.00 bits per heavy atom. The van der Waals surface area contributed by atoms with Crippen LogP contribution in [0.25, 0.3) is 0 Å². The normalized spacial score (nSPS) is 11.3. The van der Waals surface area contributed by atoms with Crippen LogP contribution in [0.2, 0.25) is 0 Å². The van der Waals surface area contributed by atoms with E-state index in [1.54, 1.807) is 12.1 Å². The first kappa shape index (κ1) is 14.6. The fourth-order valence-electron chi connectivity index (χ4n) is 1.34. The average Bonchev–Trinajstić information content (AvgIpc) is 2.45. The van der Waals surface area contributed by atoms with Crippen LogP contribution in [0.15, 0.2) is 24.3 Å². The molecule has 0 aromatic heterocycles. The summed E-state index contributed by atoms with van der Waals surface area (Å²) in [6.07, 6.45) is 0. The van der Waals surface area contributed by atoms with Gasteiger partial charge in [-0.3, -0.25) is 4.79 Å². The molecule has 18 heavy (non-hydrogen) atoms. The molecule has 0 atom stereocenters. The molecular weight excluding hydrogens is 238 g/mol. The summed E-state index contributed by atoms with van der Waals surface area (Å²) in [6, 6.07) is 6.20. The Labute approximate surface area is 105 Å². The molecule has 0 fully saturated rings. The molecule has 1 amide bonds. The molecule has 0 spiro atoms. The van der Waals surface area contributed by atoms with Crippen molar-refractivity contribution in [1.29, 1.82) is 0 Å². The summed E-state index contributed by atoms with van der Waals surface area (Å²) < 4.78 is 0. The highest BCUT2D eigenvalue weighted by atomic mass is 16.3. The minimum absolute atomic E-state index is 0.115. The summed E-state index contributed by atoms with van der Waals surface area (Å²) >= 11 is 0. The van der Waals surface area contributed by atoms with E-state index in [1.807, 2.05) is 0 Å². The maximum Gasteiger partial charge on any atom is 0.251 e. The maximum atomic E-state index is 11.8. The zero-order chi connectivity index (χ0) is 13.6. The van der Waals surface area contributed by atoms with Gasteiger partial charge in [0.2, 0.25) is 0 Å². The van der Waals surface area contributed by atoms with Crippen LogP contribution < -0.4 is 5.32 Å². The lowest BCUT2D eigenvalue weighted by Gasteiger charge is -2.28. The van der Waals surface area contributed by atoms with E-state index >= 15 is 0 Å². The van der Waals surface area contributed by atoms with Crippen LogP contribution in [0.1, 0.15) is 15.9 Å². The number of aliphatic hydroxyl groups is 4. The van der Waals surface area contributed by atoms with Crippen LogP contribution in [-0.4, -0.2) is 51.7 Å². The highest BCUT2D eigenvalue weighted by molar-refractivity contribution is 5.94. The van der Waals surface area contributed by atoms with Gasteiger partial charge in [0.1, 0.15) is 5.54 Å². The third-order valence-electron chi connectivity index (χ3n) is 2.69. The van der Waals surface area contributed by atoms with Gasteiger partial charge in [-0.1, -0.05) is 12.1 Å². The fraction of sp³-hybridized carbons (Fsp3) is 0.417. The van der Waals surface area contributed by atoms with Crippen LogP contribution >= 0.6 is 0 Å². The smallest absolute Gasteiger partial charge is 0.251 e. The van der Waals surface area contributed by atoms with Crippen molar-refractivity contribution in [2.24, 2.45) is 0 Å². The number of hydrogen-bond donors (Lipinski definition) is 5. The second-order valence-electron chi connectivity index (χ2n) is 4.06. The third kappa shape index (κ3) is 3.27. The highest BCUT2D eigenvalue weighted by Gasteiger charge is 2.30. The Morgan fingerprint density at radius 2 is 1.50 bits per heavy atom. The van der Waals surface area contributed by atoms with Gasteiger partial charge in [-0.2, -0.15) is 0 Å². The van der Waals surface area contributed by atoms with Crippen molar-refractivity contribution >= 4 is 5.91 Å². The van der Waals surface area contributed by atoms with Crippen molar-refractivity contribution in [3.05, 3.63) is 35.4 Å². The van der Waals surface area contributed by atoms with Crippen LogP contribution in [0.3, 0.4) is 0 Å². The maximum absolute atomic E-state index is 11.8. The first-order valence-corrected chi connectivity index (χ1v) is 5.45. The van der Waals surface area contributed by atoms with E-state index in [0.29, 0.717) is 11.1 Å². The molecule has 5 N–H and O–H groups in total. The quantitative estimate of drug-likeness (QED) is 0.430. The molecule has 1 rings (SSSR count). The predicted molar refractivity (Wildman–Crippen MR) is 63.8 cm³/mol. The molecule has 0 aliphatic heterocycles. The van der Waals surface area contributed by atoms with Gasteiger partial charge in [0.25, 0.3) is 5.91 Å². The number of carbonyl (C=O) groups excluding carboxylic acids is 1. The third-order valence-corrected chi connectivity index (χ3v) is 2.69. The Hall–Kier alpha value is -1.47. The van der Waals surface area contributed by atoms with Crippen LogP contribution in [-0.2, 0) is 6.61 Å². The highest BCUT2D eigenvalue weighted by Crippen LogP contribution is 2.08. The Kier molecular flexibility index (Phi) is 5.24. The van der Waals surface area contributed by atoms with Crippen molar-refractivity contribution in [1.82, 2.24) is 5.32 Å². The number of aliphatic hydroxyl groups excluding tert-OH is 4. The van der Waals surface area contributed by atoms with Crippen LogP contribution in [0.5, 0.6) is 0 Å². The zero-order valence-electron chi connectivity index (χ0n) is 9.83. The van der Waals surface area contributed by atoms with Crippen molar-refractivity contribution < 1.29 is 25.2 Å². The van der Waals surface area contributed by atoms with Crippen molar-refractivity contribution in [2.45, 2.75) is 12.1 Å². The molecule has 6 nitrogen and oxygen atoms in total. The number of carbonyl (C=O) groups is 1. The second kappa shape index (κ2) is 6.46. The summed E-state index contributed by atoms with van der Waals surface area (Å²) in [5, 5.41) is 38.5. The van der Waals surface area contributed by atoms with Crippen molar-refractivity contribution in [3.63, 3.8) is 0 Å². The van der Waals surface area contributed by atoms with E-state index in [-0.39, 0.29) is 6.61 Å². The number of amides is 1. The van der Waals surface area contributed by atoms with E-state index in [2.05, 4.69) is 5.32 Å². The largest absolute Gasteiger partial charge is 0.394 e. The monoisotopic (exact) mass is 255 g/mol. The number of nitrogens with one attached hydrogen (secondary N) is 1. The number of benzene rings is 1. The Bertz CT molecular complexity index is 378. The molecule has 100 valence electrons.